The Balaban J connectivity index is 2.58. The highest BCUT2D eigenvalue weighted by molar-refractivity contribution is 5.97. The first kappa shape index (κ1) is 13.2. The fraction of sp³-hybridized carbons (Fsp3) is 0.333. The molecule has 0 fully saturated rings. The number of nitrogens with one attached hydrogen (secondary N) is 1. The normalized spacial score (nSPS) is 11.9. The van der Waals surface area contributed by atoms with Crippen LogP contribution in [0.2, 0.25) is 0 Å². The van der Waals surface area contributed by atoms with Crippen molar-refractivity contribution in [3.63, 3.8) is 0 Å². The third-order valence-electron chi connectivity index (χ3n) is 2.39. The third-order valence-corrected chi connectivity index (χ3v) is 2.39. The molecule has 0 aromatic heterocycles. The van der Waals surface area contributed by atoms with Crippen LogP contribution in [0, 0.1) is 0 Å². The van der Waals surface area contributed by atoms with Crippen molar-refractivity contribution in [2.24, 2.45) is 11.5 Å². The van der Waals surface area contributed by atoms with E-state index in [1.165, 1.54) is 5.56 Å². The Morgan fingerprint density at radius 3 is 2.35 bits per heavy atom. The average Bonchev–Trinajstić information content (AvgIpc) is 2.29. The van der Waals surface area contributed by atoms with Crippen molar-refractivity contribution in [2.45, 2.75) is 25.8 Å². The lowest BCUT2D eigenvalue weighted by atomic mass is 10.1. The van der Waals surface area contributed by atoms with Crippen LogP contribution in [0.25, 0.3) is 0 Å². The van der Waals surface area contributed by atoms with E-state index in [0.717, 1.165) is 6.42 Å². The van der Waals surface area contributed by atoms with E-state index < -0.39 is 17.9 Å². The van der Waals surface area contributed by atoms with Gasteiger partial charge in [0.1, 0.15) is 0 Å². The number of primary amides is 1. The van der Waals surface area contributed by atoms with Gasteiger partial charge < -0.3 is 16.8 Å². The first-order valence-electron chi connectivity index (χ1n) is 5.46. The summed E-state index contributed by atoms with van der Waals surface area (Å²) >= 11 is 0. The highest BCUT2D eigenvalue weighted by Gasteiger charge is 2.15. The van der Waals surface area contributed by atoms with Crippen LogP contribution in [0.1, 0.15) is 18.9 Å². The molecule has 0 spiro atoms. The van der Waals surface area contributed by atoms with Crippen LogP contribution in [0.5, 0.6) is 0 Å². The molecule has 0 saturated carbocycles. The van der Waals surface area contributed by atoms with E-state index in [1.54, 1.807) is 12.1 Å². The molecule has 2 amide bonds. The minimum atomic E-state index is -0.904. The van der Waals surface area contributed by atoms with E-state index >= 15 is 0 Å². The minimum absolute atomic E-state index is 0.154. The van der Waals surface area contributed by atoms with Crippen LogP contribution in [-0.4, -0.2) is 17.9 Å². The second-order valence-corrected chi connectivity index (χ2v) is 3.82. The smallest absolute Gasteiger partial charge is 0.241 e. The fourth-order valence-electron chi connectivity index (χ4n) is 1.37. The molecular formula is C12H17N3O2. The lowest BCUT2D eigenvalue weighted by molar-refractivity contribution is -0.123. The molecular weight excluding hydrogens is 218 g/mol. The summed E-state index contributed by atoms with van der Waals surface area (Å²) in [5.74, 6) is -0.998. The zero-order valence-corrected chi connectivity index (χ0v) is 9.77. The van der Waals surface area contributed by atoms with Gasteiger partial charge in [0.05, 0.1) is 12.5 Å². The maximum absolute atomic E-state index is 11.6. The van der Waals surface area contributed by atoms with Crippen molar-refractivity contribution in [3.05, 3.63) is 29.8 Å². The number of aryl methyl sites for hydroxylation is 1. The lowest BCUT2D eigenvalue weighted by Crippen LogP contribution is -2.38. The zero-order chi connectivity index (χ0) is 12.8. The number of nitrogens with two attached hydrogens (primary N) is 2. The zero-order valence-electron chi connectivity index (χ0n) is 9.77. The van der Waals surface area contributed by atoms with E-state index in [2.05, 4.69) is 12.2 Å². The first-order chi connectivity index (χ1) is 8.02. The predicted molar refractivity (Wildman–Crippen MR) is 66.2 cm³/mol. The van der Waals surface area contributed by atoms with Crippen LogP contribution in [0.15, 0.2) is 24.3 Å². The number of rotatable bonds is 5. The molecule has 17 heavy (non-hydrogen) atoms. The molecule has 0 radical (unpaired) electrons. The molecule has 0 aliphatic carbocycles. The number of carbonyl (C=O) groups excluding carboxylic acids is 2. The topological polar surface area (TPSA) is 98.2 Å². The molecule has 1 atom stereocenters. The summed E-state index contributed by atoms with van der Waals surface area (Å²) in [7, 11) is 0. The van der Waals surface area contributed by atoms with Gasteiger partial charge in [0.25, 0.3) is 0 Å². The van der Waals surface area contributed by atoms with Gasteiger partial charge in [-0.05, 0) is 24.1 Å². The minimum Gasteiger partial charge on any atom is -0.370 e. The molecule has 0 unspecified atom stereocenters. The van der Waals surface area contributed by atoms with Crippen LogP contribution < -0.4 is 16.8 Å². The van der Waals surface area contributed by atoms with Crippen LogP contribution in [0.4, 0.5) is 5.69 Å². The molecule has 0 aliphatic heterocycles. The van der Waals surface area contributed by atoms with Gasteiger partial charge in [-0.25, -0.2) is 0 Å². The van der Waals surface area contributed by atoms with Crippen molar-refractivity contribution < 1.29 is 9.59 Å². The molecule has 1 aromatic carbocycles. The summed E-state index contributed by atoms with van der Waals surface area (Å²) in [6, 6.07) is 6.55. The largest absolute Gasteiger partial charge is 0.370 e. The second kappa shape index (κ2) is 6.00. The fourth-order valence-corrected chi connectivity index (χ4v) is 1.37. The number of anilines is 1. The Morgan fingerprint density at radius 2 is 1.88 bits per heavy atom. The van der Waals surface area contributed by atoms with Crippen molar-refractivity contribution >= 4 is 17.5 Å². The molecule has 1 aromatic rings. The van der Waals surface area contributed by atoms with Gasteiger partial charge in [-0.3, -0.25) is 9.59 Å². The maximum atomic E-state index is 11.6. The van der Waals surface area contributed by atoms with E-state index in [4.69, 9.17) is 11.5 Å². The standard InChI is InChI=1S/C12H17N3O2/c1-2-8-3-5-9(6-4-8)15-12(17)10(13)7-11(14)16/h3-6,10H,2,7,13H2,1H3,(H2,14,16)(H,15,17)/t10-/m0/s1. The third kappa shape index (κ3) is 4.24. The van der Waals surface area contributed by atoms with Gasteiger partial charge in [0.15, 0.2) is 0 Å². The Labute approximate surface area is 100 Å². The van der Waals surface area contributed by atoms with Crippen molar-refractivity contribution in [2.75, 3.05) is 5.32 Å². The summed E-state index contributed by atoms with van der Waals surface area (Å²) in [6.07, 6.45) is 0.786. The molecule has 0 heterocycles. The van der Waals surface area contributed by atoms with Gasteiger partial charge in [0.2, 0.25) is 11.8 Å². The average molecular weight is 235 g/mol. The Morgan fingerprint density at radius 1 is 1.29 bits per heavy atom. The number of amides is 2. The number of benzene rings is 1. The molecule has 0 bridgehead atoms. The van der Waals surface area contributed by atoms with E-state index in [0.29, 0.717) is 5.69 Å². The highest BCUT2D eigenvalue weighted by Crippen LogP contribution is 2.10. The molecule has 5 nitrogen and oxygen atoms in total. The Hall–Kier alpha value is -1.88. The predicted octanol–water partition coefficient (Wildman–Crippen LogP) is 0.390. The van der Waals surface area contributed by atoms with Crippen molar-refractivity contribution in [1.82, 2.24) is 0 Å². The molecule has 0 saturated heterocycles. The quantitative estimate of drug-likeness (QED) is 0.688. The van der Waals surface area contributed by atoms with Gasteiger partial charge in [-0.15, -0.1) is 0 Å². The second-order valence-electron chi connectivity index (χ2n) is 3.82. The maximum Gasteiger partial charge on any atom is 0.241 e. The lowest BCUT2D eigenvalue weighted by Gasteiger charge is -2.10. The van der Waals surface area contributed by atoms with Gasteiger partial charge in [0, 0.05) is 5.69 Å². The summed E-state index contributed by atoms with van der Waals surface area (Å²) < 4.78 is 0. The SMILES string of the molecule is CCc1ccc(NC(=O)[C@@H](N)CC(N)=O)cc1. The van der Waals surface area contributed by atoms with E-state index in [9.17, 15) is 9.59 Å². The summed E-state index contributed by atoms with van der Waals surface area (Å²) in [5, 5.41) is 2.63. The van der Waals surface area contributed by atoms with E-state index in [1.807, 2.05) is 12.1 Å². The van der Waals surface area contributed by atoms with Crippen molar-refractivity contribution in [3.8, 4) is 0 Å². The molecule has 5 heteroatoms. The molecule has 0 aliphatic rings. The van der Waals surface area contributed by atoms with E-state index in [-0.39, 0.29) is 6.42 Å². The molecule has 1 rings (SSSR count). The molecule has 5 N–H and O–H groups in total. The number of carbonyl (C=O) groups is 2. The molecule has 92 valence electrons. The van der Waals surface area contributed by atoms with Crippen molar-refractivity contribution in [1.29, 1.82) is 0 Å². The van der Waals surface area contributed by atoms with Crippen LogP contribution >= 0.6 is 0 Å². The van der Waals surface area contributed by atoms with Crippen LogP contribution in [-0.2, 0) is 16.0 Å². The monoisotopic (exact) mass is 235 g/mol. The summed E-state index contributed by atoms with van der Waals surface area (Å²) in [4.78, 5) is 22.2. The summed E-state index contributed by atoms with van der Waals surface area (Å²) in [6.45, 7) is 2.05. The Bertz CT molecular complexity index is 401. The first-order valence-corrected chi connectivity index (χ1v) is 5.46. The highest BCUT2D eigenvalue weighted by atomic mass is 16.2. The van der Waals surface area contributed by atoms with Gasteiger partial charge >= 0.3 is 0 Å². The van der Waals surface area contributed by atoms with Gasteiger partial charge in [-0.1, -0.05) is 19.1 Å². The van der Waals surface area contributed by atoms with Gasteiger partial charge in [-0.2, -0.15) is 0 Å². The summed E-state index contributed by atoms with van der Waals surface area (Å²) in [5.41, 5.74) is 12.3. The Kier molecular flexibility index (Phi) is 4.66. The number of hydrogen-bond donors (Lipinski definition) is 3. The van der Waals surface area contributed by atoms with Crippen LogP contribution in [0.3, 0.4) is 0 Å². The number of hydrogen-bond acceptors (Lipinski definition) is 3.